The summed E-state index contributed by atoms with van der Waals surface area (Å²) < 4.78 is 1.02. The van der Waals surface area contributed by atoms with Gasteiger partial charge in [-0.25, -0.2) is 5.43 Å². The third-order valence-corrected chi connectivity index (χ3v) is 4.65. The molecule has 0 bridgehead atoms. The van der Waals surface area contributed by atoms with Gasteiger partial charge in [-0.1, -0.05) is 30.3 Å². The van der Waals surface area contributed by atoms with Gasteiger partial charge in [0.2, 0.25) is 5.91 Å². The van der Waals surface area contributed by atoms with Gasteiger partial charge in [-0.3, -0.25) is 9.59 Å². The van der Waals surface area contributed by atoms with Crippen LogP contribution in [0.15, 0.2) is 65.8 Å². The first-order valence-corrected chi connectivity index (χ1v) is 9.61. The third kappa shape index (κ3) is 5.07. The van der Waals surface area contributed by atoms with E-state index in [2.05, 4.69) is 38.4 Å². The Hall–Kier alpha value is -2.94. The Morgan fingerprint density at radius 2 is 1.75 bits per heavy atom. The van der Waals surface area contributed by atoms with Crippen LogP contribution in [0.1, 0.15) is 23.7 Å². The maximum atomic E-state index is 12.3. The van der Waals surface area contributed by atoms with Crippen LogP contribution in [0.3, 0.4) is 0 Å². The van der Waals surface area contributed by atoms with Crippen LogP contribution >= 0.6 is 22.6 Å². The van der Waals surface area contributed by atoms with Gasteiger partial charge in [0.1, 0.15) is 5.75 Å². The van der Waals surface area contributed by atoms with E-state index in [-0.39, 0.29) is 23.6 Å². The standard InChI is InChI=1S/C21H18IN3O3/c1-13(9-20(27)23-17-8-4-7-16(22)12-17)24-25-21(28)18-10-14-5-2-3-6-15(14)11-19(18)26/h2-8,10-12,26H,9H2,1H3,(H,23,27)(H,25,28)/b24-13+. The number of benzene rings is 3. The van der Waals surface area contributed by atoms with Crippen molar-refractivity contribution in [3.05, 3.63) is 69.8 Å². The van der Waals surface area contributed by atoms with Crippen LogP contribution in [0.25, 0.3) is 10.8 Å². The van der Waals surface area contributed by atoms with Gasteiger partial charge >= 0.3 is 0 Å². The van der Waals surface area contributed by atoms with Crippen molar-refractivity contribution in [2.75, 3.05) is 5.32 Å². The van der Waals surface area contributed by atoms with E-state index in [1.54, 1.807) is 19.1 Å². The number of phenolic OH excluding ortho intramolecular Hbond substituents is 1. The van der Waals surface area contributed by atoms with Crippen molar-refractivity contribution in [3.8, 4) is 5.75 Å². The predicted octanol–water partition coefficient (Wildman–Crippen LogP) is 4.28. The quantitative estimate of drug-likeness (QED) is 0.285. The summed E-state index contributed by atoms with van der Waals surface area (Å²) in [4.78, 5) is 24.5. The predicted molar refractivity (Wildman–Crippen MR) is 119 cm³/mol. The number of amides is 2. The summed E-state index contributed by atoms with van der Waals surface area (Å²) in [6.07, 6.45) is 0.0372. The number of nitrogens with one attached hydrogen (secondary N) is 2. The van der Waals surface area contributed by atoms with E-state index in [1.165, 1.54) is 6.07 Å². The van der Waals surface area contributed by atoms with Crippen molar-refractivity contribution in [1.82, 2.24) is 5.43 Å². The summed E-state index contributed by atoms with van der Waals surface area (Å²) in [5.74, 6) is -0.896. The highest BCUT2D eigenvalue weighted by atomic mass is 127. The molecule has 3 rings (SSSR count). The number of phenols is 1. The Morgan fingerprint density at radius 3 is 2.46 bits per heavy atom. The van der Waals surface area contributed by atoms with Crippen molar-refractivity contribution in [1.29, 1.82) is 0 Å². The molecule has 3 aromatic rings. The molecule has 3 N–H and O–H groups in total. The lowest BCUT2D eigenvalue weighted by atomic mass is 10.1. The Bertz CT molecular complexity index is 1080. The van der Waals surface area contributed by atoms with Crippen molar-refractivity contribution in [2.24, 2.45) is 5.10 Å². The van der Waals surface area contributed by atoms with E-state index in [1.807, 2.05) is 42.5 Å². The largest absolute Gasteiger partial charge is 0.507 e. The number of hydrogen-bond donors (Lipinski definition) is 3. The number of carbonyl (C=O) groups is 2. The molecule has 0 saturated carbocycles. The highest BCUT2D eigenvalue weighted by Gasteiger charge is 2.12. The lowest BCUT2D eigenvalue weighted by molar-refractivity contribution is -0.115. The topological polar surface area (TPSA) is 90.8 Å². The number of hydrogen-bond acceptors (Lipinski definition) is 4. The zero-order chi connectivity index (χ0) is 20.1. The van der Waals surface area contributed by atoms with Crippen molar-refractivity contribution in [2.45, 2.75) is 13.3 Å². The Morgan fingerprint density at radius 1 is 1.04 bits per heavy atom. The normalized spacial score (nSPS) is 11.3. The Balaban J connectivity index is 1.63. The number of halogens is 1. The molecular weight excluding hydrogens is 469 g/mol. The van der Waals surface area contributed by atoms with Gasteiger partial charge in [-0.15, -0.1) is 0 Å². The summed E-state index contributed by atoms with van der Waals surface area (Å²) in [5.41, 5.74) is 3.66. The average molecular weight is 487 g/mol. The fourth-order valence-corrected chi connectivity index (χ4v) is 3.20. The lowest BCUT2D eigenvalue weighted by Gasteiger charge is -2.07. The first-order chi connectivity index (χ1) is 13.4. The average Bonchev–Trinajstić information content (AvgIpc) is 2.65. The van der Waals surface area contributed by atoms with E-state index < -0.39 is 5.91 Å². The summed E-state index contributed by atoms with van der Waals surface area (Å²) in [6.45, 7) is 1.65. The Kier molecular flexibility index (Phi) is 6.25. The zero-order valence-electron chi connectivity index (χ0n) is 15.1. The minimum absolute atomic E-state index is 0.0372. The molecule has 0 fully saturated rings. The SMILES string of the molecule is C/C(CC(=O)Nc1cccc(I)c1)=N\NC(=O)c1cc2ccccc2cc1O. The molecule has 7 heteroatoms. The van der Waals surface area contributed by atoms with Gasteiger partial charge in [-0.2, -0.15) is 5.10 Å². The van der Waals surface area contributed by atoms with Crippen LogP contribution < -0.4 is 10.7 Å². The maximum Gasteiger partial charge on any atom is 0.275 e. The van der Waals surface area contributed by atoms with Crippen molar-refractivity contribution < 1.29 is 14.7 Å². The molecule has 0 heterocycles. The van der Waals surface area contributed by atoms with Crippen LogP contribution in [0.2, 0.25) is 0 Å². The fraction of sp³-hybridized carbons (Fsp3) is 0.0952. The first kappa shape index (κ1) is 19.8. The summed E-state index contributed by atoms with van der Waals surface area (Å²) >= 11 is 2.17. The molecule has 0 aliphatic carbocycles. The molecule has 28 heavy (non-hydrogen) atoms. The lowest BCUT2D eigenvalue weighted by Crippen LogP contribution is -2.21. The maximum absolute atomic E-state index is 12.3. The van der Waals surface area contributed by atoms with E-state index in [9.17, 15) is 14.7 Å². The first-order valence-electron chi connectivity index (χ1n) is 8.53. The van der Waals surface area contributed by atoms with E-state index in [0.717, 1.165) is 14.3 Å². The second-order valence-corrected chi connectivity index (χ2v) is 7.49. The molecule has 0 aliphatic heterocycles. The van der Waals surface area contributed by atoms with Gasteiger partial charge < -0.3 is 10.4 Å². The Labute approximate surface area is 175 Å². The summed E-state index contributed by atoms with van der Waals surface area (Å²) in [6, 6.07) is 18.0. The number of hydrazone groups is 1. The molecule has 0 radical (unpaired) electrons. The van der Waals surface area contributed by atoms with Crippen LogP contribution in [-0.2, 0) is 4.79 Å². The second kappa shape index (κ2) is 8.83. The molecule has 0 aliphatic rings. The number of nitrogens with zero attached hydrogens (tertiary/aromatic N) is 1. The van der Waals surface area contributed by atoms with Gasteiger partial charge in [0, 0.05) is 15.0 Å². The number of fused-ring (bicyclic) bond motifs is 1. The van der Waals surface area contributed by atoms with E-state index in [4.69, 9.17) is 0 Å². The molecule has 2 amide bonds. The van der Waals surface area contributed by atoms with Crippen LogP contribution in [0.5, 0.6) is 5.75 Å². The number of carbonyl (C=O) groups excluding carboxylic acids is 2. The van der Waals surface area contributed by atoms with Gasteiger partial charge in [0.15, 0.2) is 0 Å². The minimum atomic E-state index is -0.541. The number of aromatic hydroxyl groups is 1. The second-order valence-electron chi connectivity index (χ2n) is 6.24. The summed E-state index contributed by atoms with van der Waals surface area (Å²) in [5, 5.41) is 18.5. The van der Waals surface area contributed by atoms with Gasteiger partial charge in [0.05, 0.1) is 12.0 Å². The number of anilines is 1. The van der Waals surface area contributed by atoms with Crippen molar-refractivity contribution >= 4 is 56.6 Å². The van der Waals surface area contributed by atoms with Gasteiger partial charge in [0.25, 0.3) is 5.91 Å². The van der Waals surface area contributed by atoms with Crippen LogP contribution in [-0.4, -0.2) is 22.6 Å². The molecule has 0 atom stereocenters. The van der Waals surface area contributed by atoms with Gasteiger partial charge in [-0.05, 0) is 70.6 Å². The third-order valence-electron chi connectivity index (χ3n) is 3.98. The van der Waals surface area contributed by atoms with Crippen molar-refractivity contribution in [3.63, 3.8) is 0 Å². The monoisotopic (exact) mass is 487 g/mol. The highest BCUT2D eigenvalue weighted by Crippen LogP contribution is 2.24. The smallest absolute Gasteiger partial charge is 0.275 e. The molecule has 0 unspecified atom stereocenters. The number of rotatable bonds is 5. The molecule has 6 nitrogen and oxygen atoms in total. The zero-order valence-corrected chi connectivity index (χ0v) is 17.2. The molecule has 3 aromatic carbocycles. The van der Waals surface area contributed by atoms with Crippen LogP contribution in [0.4, 0.5) is 5.69 Å². The molecule has 0 aromatic heterocycles. The molecule has 0 spiro atoms. The van der Waals surface area contributed by atoms with Crippen LogP contribution in [0, 0.1) is 3.57 Å². The van der Waals surface area contributed by atoms with E-state index in [0.29, 0.717) is 11.4 Å². The summed E-state index contributed by atoms with van der Waals surface area (Å²) in [7, 11) is 0. The molecular formula is C21H18IN3O3. The minimum Gasteiger partial charge on any atom is -0.507 e. The molecule has 0 saturated heterocycles. The molecule has 142 valence electrons. The fourth-order valence-electron chi connectivity index (χ4n) is 2.66. The van der Waals surface area contributed by atoms with E-state index >= 15 is 0 Å². The highest BCUT2D eigenvalue weighted by molar-refractivity contribution is 14.1.